The van der Waals surface area contributed by atoms with E-state index in [1.165, 1.54) is 37.8 Å². The van der Waals surface area contributed by atoms with E-state index in [1.807, 2.05) is 12.1 Å². The third kappa shape index (κ3) is 5.17. The molecule has 2 heterocycles. The van der Waals surface area contributed by atoms with Crippen LogP contribution in [0.15, 0.2) is 41.7 Å². The smallest absolute Gasteiger partial charge is 0.272 e. The minimum absolute atomic E-state index is 0.185. The summed E-state index contributed by atoms with van der Waals surface area (Å²) < 4.78 is 16.7. The highest BCUT2D eigenvalue weighted by Crippen LogP contribution is 2.38. The summed E-state index contributed by atoms with van der Waals surface area (Å²) in [5, 5.41) is 5.92. The molecule has 0 radical (unpaired) electrons. The van der Waals surface area contributed by atoms with Gasteiger partial charge in [-0.15, -0.1) is 0 Å². The summed E-state index contributed by atoms with van der Waals surface area (Å²) in [5.74, 6) is 1.56. The number of aromatic nitrogens is 3. The highest BCUT2D eigenvalue weighted by atomic mass is 19.1. The van der Waals surface area contributed by atoms with Gasteiger partial charge in [0, 0.05) is 57.3 Å². The molecule has 0 unspecified atom stereocenters. The predicted molar refractivity (Wildman–Crippen MR) is 140 cm³/mol. The Kier molecular flexibility index (Phi) is 7.11. The van der Waals surface area contributed by atoms with Crippen LogP contribution >= 0.6 is 0 Å². The SMILES string of the molecule is C/N=C\C(=C/NC)c1cc(F)cc(CNC(=O)c2nccc3nc(C4CCCC4)n(CC4CC4)c23)c1. The number of allylic oxidation sites excluding steroid dienone is 1. The van der Waals surface area contributed by atoms with Crippen LogP contribution in [-0.4, -0.2) is 40.8 Å². The largest absolute Gasteiger partial charge is 0.393 e. The minimum Gasteiger partial charge on any atom is -0.393 e. The average molecular weight is 489 g/mol. The van der Waals surface area contributed by atoms with Crippen LogP contribution in [0.2, 0.25) is 0 Å². The van der Waals surface area contributed by atoms with Crippen molar-refractivity contribution in [3.05, 3.63) is 65.1 Å². The Morgan fingerprint density at radius 2 is 2.03 bits per heavy atom. The van der Waals surface area contributed by atoms with Crippen molar-refractivity contribution in [1.29, 1.82) is 0 Å². The number of hydrogen-bond donors (Lipinski definition) is 2. The summed E-state index contributed by atoms with van der Waals surface area (Å²) in [6.07, 6.45) is 12.3. The number of carbonyl (C=O) groups is 1. The molecule has 7 nitrogen and oxygen atoms in total. The molecule has 0 atom stereocenters. The predicted octanol–water partition coefficient (Wildman–Crippen LogP) is 4.83. The van der Waals surface area contributed by atoms with Crippen molar-refractivity contribution >= 4 is 28.7 Å². The van der Waals surface area contributed by atoms with Gasteiger partial charge in [0.2, 0.25) is 0 Å². The van der Waals surface area contributed by atoms with Gasteiger partial charge in [-0.3, -0.25) is 9.79 Å². The molecule has 5 rings (SSSR count). The summed E-state index contributed by atoms with van der Waals surface area (Å²) >= 11 is 0. The molecule has 36 heavy (non-hydrogen) atoms. The molecule has 2 aromatic heterocycles. The van der Waals surface area contributed by atoms with Gasteiger partial charge in [0.05, 0.1) is 11.0 Å². The molecular formula is C28H33FN6O. The van der Waals surface area contributed by atoms with E-state index in [9.17, 15) is 9.18 Å². The van der Waals surface area contributed by atoms with E-state index >= 15 is 0 Å². The van der Waals surface area contributed by atoms with E-state index in [-0.39, 0.29) is 18.3 Å². The fourth-order valence-electron chi connectivity index (χ4n) is 5.18. The van der Waals surface area contributed by atoms with Gasteiger partial charge in [-0.05, 0) is 67.0 Å². The Labute approximate surface area is 210 Å². The van der Waals surface area contributed by atoms with Gasteiger partial charge in [-0.1, -0.05) is 12.8 Å². The van der Waals surface area contributed by atoms with E-state index in [0.717, 1.165) is 41.8 Å². The van der Waals surface area contributed by atoms with Gasteiger partial charge >= 0.3 is 0 Å². The van der Waals surface area contributed by atoms with Gasteiger partial charge in [-0.25, -0.2) is 14.4 Å². The molecule has 8 heteroatoms. The highest BCUT2D eigenvalue weighted by molar-refractivity contribution is 6.09. The Balaban J connectivity index is 1.42. The zero-order valence-corrected chi connectivity index (χ0v) is 20.9. The fraction of sp³-hybridized carbons (Fsp3) is 0.429. The minimum atomic E-state index is -0.368. The fourth-order valence-corrected chi connectivity index (χ4v) is 5.18. The van der Waals surface area contributed by atoms with E-state index in [2.05, 4.69) is 25.2 Å². The maximum atomic E-state index is 14.4. The number of halogens is 1. The number of carbonyl (C=O) groups excluding carboxylic acids is 1. The molecule has 0 bridgehead atoms. The van der Waals surface area contributed by atoms with Gasteiger partial charge in [0.1, 0.15) is 11.6 Å². The summed E-state index contributed by atoms with van der Waals surface area (Å²) in [7, 11) is 3.45. The molecule has 0 spiro atoms. The molecular weight excluding hydrogens is 455 g/mol. The first-order valence-corrected chi connectivity index (χ1v) is 12.8. The third-order valence-corrected chi connectivity index (χ3v) is 7.07. The first kappa shape index (κ1) is 24.2. The molecule has 1 aromatic carbocycles. The van der Waals surface area contributed by atoms with Crippen LogP contribution in [-0.2, 0) is 13.1 Å². The number of imidazole rings is 1. The molecule has 2 aliphatic rings. The standard InChI is InChI=1S/C28H33FN6O/c1-30-15-22(16-31-2)21-11-19(12-23(29)13-21)14-33-28(36)25-26-24(9-10-32-25)34-27(20-5-3-4-6-20)35(26)17-18-7-8-18/h9-13,15-16,18,20,30H,3-8,14,17H2,1-2H3,(H,33,36)/b22-15+,31-16-. The lowest BCUT2D eigenvalue weighted by atomic mass is 10.0. The van der Waals surface area contributed by atoms with Crippen LogP contribution in [0.4, 0.5) is 4.39 Å². The Morgan fingerprint density at radius 1 is 1.22 bits per heavy atom. The molecule has 2 fully saturated rings. The van der Waals surface area contributed by atoms with Crippen LogP contribution in [0.25, 0.3) is 16.6 Å². The topological polar surface area (TPSA) is 84.2 Å². The normalized spacial score (nSPS) is 16.8. The van der Waals surface area contributed by atoms with Crippen molar-refractivity contribution in [2.45, 2.75) is 57.5 Å². The molecule has 2 aliphatic carbocycles. The number of nitrogens with one attached hydrogen (secondary N) is 2. The van der Waals surface area contributed by atoms with Crippen LogP contribution in [0.5, 0.6) is 0 Å². The molecule has 0 saturated heterocycles. The maximum absolute atomic E-state index is 14.4. The lowest BCUT2D eigenvalue weighted by Gasteiger charge is -2.14. The van der Waals surface area contributed by atoms with Gasteiger partial charge in [0.15, 0.2) is 5.69 Å². The summed E-state index contributed by atoms with van der Waals surface area (Å²) in [5.41, 5.74) is 4.13. The van der Waals surface area contributed by atoms with Crippen LogP contribution < -0.4 is 10.6 Å². The van der Waals surface area contributed by atoms with Gasteiger partial charge < -0.3 is 15.2 Å². The quantitative estimate of drug-likeness (QED) is 0.423. The van der Waals surface area contributed by atoms with Crippen LogP contribution in [0.1, 0.15) is 71.9 Å². The number of aliphatic imine (C=N–C) groups is 1. The van der Waals surface area contributed by atoms with E-state index < -0.39 is 0 Å². The highest BCUT2D eigenvalue weighted by Gasteiger charge is 2.30. The number of nitrogens with zero attached hydrogens (tertiary/aromatic N) is 4. The van der Waals surface area contributed by atoms with Gasteiger partial charge in [-0.2, -0.15) is 0 Å². The average Bonchev–Trinajstić information content (AvgIpc) is 3.37. The van der Waals surface area contributed by atoms with Crippen LogP contribution in [0.3, 0.4) is 0 Å². The number of fused-ring (bicyclic) bond motifs is 1. The number of benzene rings is 1. The molecule has 1 amide bonds. The van der Waals surface area contributed by atoms with Crippen molar-refractivity contribution in [1.82, 2.24) is 25.2 Å². The lowest BCUT2D eigenvalue weighted by molar-refractivity contribution is 0.0947. The maximum Gasteiger partial charge on any atom is 0.272 e. The summed E-state index contributed by atoms with van der Waals surface area (Å²) in [6, 6.07) is 6.66. The number of pyridine rings is 1. The second-order valence-electron chi connectivity index (χ2n) is 9.84. The molecule has 3 aromatic rings. The zero-order chi connectivity index (χ0) is 25.1. The second kappa shape index (κ2) is 10.6. The van der Waals surface area contributed by atoms with Crippen molar-refractivity contribution in [2.75, 3.05) is 14.1 Å². The first-order chi connectivity index (χ1) is 17.6. The molecule has 0 aliphatic heterocycles. The van der Waals surface area contributed by atoms with Crippen molar-refractivity contribution < 1.29 is 9.18 Å². The zero-order valence-electron chi connectivity index (χ0n) is 20.9. The first-order valence-electron chi connectivity index (χ1n) is 12.8. The van der Waals surface area contributed by atoms with E-state index in [1.54, 1.807) is 32.7 Å². The molecule has 2 N–H and O–H groups in total. The van der Waals surface area contributed by atoms with Crippen molar-refractivity contribution in [2.24, 2.45) is 10.9 Å². The van der Waals surface area contributed by atoms with E-state index in [0.29, 0.717) is 28.7 Å². The number of rotatable bonds is 9. The van der Waals surface area contributed by atoms with Crippen molar-refractivity contribution in [3.8, 4) is 0 Å². The summed E-state index contributed by atoms with van der Waals surface area (Å²) in [4.78, 5) is 26.9. The van der Waals surface area contributed by atoms with Crippen LogP contribution in [0, 0.1) is 11.7 Å². The Bertz CT molecular complexity index is 1320. The molecule has 188 valence electrons. The Morgan fingerprint density at radius 3 is 2.75 bits per heavy atom. The van der Waals surface area contributed by atoms with E-state index in [4.69, 9.17) is 4.98 Å². The third-order valence-electron chi connectivity index (χ3n) is 7.07. The monoisotopic (exact) mass is 488 g/mol. The number of hydrogen-bond acceptors (Lipinski definition) is 5. The number of amides is 1. The summed E-state index contributed by atoms with van der Waals surface area (Å²) in [6.45, 7) is 1.07. The Hall–Kier alpha value is -3.55. The lowest BCUT2D eigenvalue weighted by Crippen LogP contribution is -2.25. The van der Waals surface area contributed by atoms with Crippen molar-refractivity contribution in [3.63, 3.8) is 0 Å². The molecule has 2 saturated carbocycles. The van der Waals surface area contributed by atoms with Gasteiger partial charge in [0.25, 0.3) is 5.91 Å². The second-order valence-corrected chi connectivity index (χ2v) is 9.84.